The van der Waals surface area contributed by atoms with Gasteiger partial charge in [0.25, 0.3) is 15.7 Å². The van der Waals surface area contributed by atoms with Gasteiger partial charge in [0, 0.05) is 11.6 Å². The summed E-state index contributed by atoms with van der Waals surface area (Å²) >= 11 is 0. The van der Waals surface area contributed by atoms with E-state index in [9.17, 15) is 27.3 Å². The molecule has 0 bridgehead atoms. The van der Waals surface area contributed by atoms with Gasteiger partial charge in [-0.1, -0.05) is 12.1 Å². The second-order valence-electron chi connectivity index (χ2n) is 5.09. The zero-order chi connectivity index (χ0) is 18.8. The molecule has 0 fully saturated rings. The number of nitro benzene ring substituents is 1. The first kappa shape index (κ1) is 18.5. The Hall–Kier alpha value is -2.88. The summed E-state index contributed by atoms with van der Waals surface area (Å²) in [6.45, 7) is 2.69. The van der Waals surface area contributed by atoms with E-state index >= 15 is 0 Å². The molecule has 132 valence electrons. The van der Waals surface area contributed by atoms with E-state index < -0.39 is 37.0 Å². The van der Waals surface area contributed by atoms with E-state index in [0.717, 1.165) is 24.3 Å². The van der Waals surface area contributed by atoms with E-state index in [1.54, 1.807) is 0 Å². The molecule has 0 heterocycles. The fourth-order valence-corrected chi connectivity index (χ4v) is 2.91. The van der Waals surface area contributed by atoms with Gasteiger partial charge in [-0.3, -0.25) is 10.1 Å². The normalized spacial score (nSPS) is 12.1. The zero-order valence-electron chi connectivity index (χ0n) is 13.2. The maximum atomic E-state index is 13.7. The van der Waals surface area contributed by atoms with Gasteiger partial charge < -0.3 is 0 Å². The van der Waals surface area contributed by atoms with Crippen LogP contribution < -0.4 is 4.83 Å². The molecule has 25 heavy (non-hydrogen) atoms. The molecule has 2 aromatic carbocycles. The molecule has 0 saturated carbocycles. The molecule has 1 N–H and O–H groups in total. The number of rotatable bonds is 5. The van der Waals surface area contributed by atoms with E-state index in [-0.39, 0.29) is 17.0 Å². The van der Waals surface area contributed by atoms with Crippen molar-refractivity contribution in [2.75, 3.05) is 0 Å². The van der Waals surface area contributed by atoms with Crippen molar-refractivity contribution in [2.45, 2.75) is 18.7 Å². The number of halogens is 2. The van der Waals surface area contributed by atoms with Crippen molar-refractivity contribution in [2.24, 2.45) is 5.10 Å². The molecule has 2 aromatic rings. The molecule has 0 radical (unpaired) electrons. The van der Waals surface area contributed by atoms with E-state index in [1.807, 2.05) is 4.83 Å². The highest BCUT2D eigenvalue weighted by Gasteiger charge is 2.20. The Bertz CT molecular complexity index is 954. The van der Waals surface area contributed by atoms with Crippen molar-refractivity contribution in [1.82, 2.24) is 4.83 Å². The summed E-state index contributed by atoms with van der Waals surface area (Å²) in [5, 5.41) is 14.4. The molecule has 0 spiro atoms. The quantitative estimate of drug-likeness (QED) is 0.497. The number of aryl methyl sites for hydroxylation is 1. The molecular formula is C15H13F2N3O4S. The van der Waals surface area contributed by atoms with Gasteiger partial charge in [-0.25, -0.2) is 8.78 Å². The number of hydrazone groups is 1. The van der Waals surface area contributed by atoms with Gasteiger partial charge in [0.2, 0.25) is 0 Å². The Labute approximate surface area is 142 Å². The Morgan fingerprint density at radius 3 is 2.36 bits per heavy atom. The third kappa shape index (κ3) is 3.97. The number of benzene rings is 2. The van der Waals surface area contributed by atoms with Crippen LogP contribution in [0, 0.1) is 28.7 Å². The van der Waals surface area contributed by atoms with Crippen molar-refractivity contribution >= 4 is 21.4 Å². The number of sulfonamides is 1. The van der Waals surface area contributed by atoms with Crippen LogP contribution in [-0.2, 0) is 10.0 Å². The van der Waals surface area contributed by atoms with Crippen LogP contribution in [-0.4, -0.2) is 19.1 Å². The number of nitrogens with one attached hydrogen (secondary N) is 1. The molecule has 0 aromatic heterocycles. The Morgan fingerprint density at radius 2 is 1.80 bits per heavy atom. The van der Waals surface area contributed by atoms with Crippen LogP contribution in [0.3, 0.4) is 0 Å². The van der Waals surface area contributed by atoms with Gasteiger partial charge >= 0.3 is 0 Å². The molecule has 0 atom stereocenters. The summed E-state index contributed by atoms with van der Waals surface area (Å²) in [5.74, 6) is -1.79. The molecule has 0 saturated heterocycles. The molecule has 10 heteroatoms. The number of hydrogen-bond acceptors (Lipinski definition) is 5. The summed E-state index contributed by atoms with van der Waals surface area (Å²) in [4.78, 5) is 11.6. The van der Waals surface area contributed by atoms with Crippen LogP contribution in [0.2, 0.25) is 0 Å². The van der Waals surface area contributed by atoms with Crippen molar-refractivity contribution in [3.8, 4) is 0 Å². The fraction of sp³-hybridized carbons (Fsp3) is 0.133. The zero-order valence-corrected chi connectivity index (χ0v) is 14.0. The van der Waals surface area contributed by atoms with E-state index in [4.69, 9.17) is 0 Å². The molecule has 0 unspecified atom stereocenters. The number of nitro groups is 1. The highest BCUT2D eigenvalue weighted by molar-refractivity contribution is 7.89. The average molecular weight is 369 g/mol. The van der Waals surface area contributed by atoms with Crippen LogP contribution >= 0.6 is 0 Å². The SMILES string of the molecule is C/C(=N/NS(=O)(=O)c1ccc(C)c([N+](=O)[O-])c1)c1c(F)cccc1F. The summed E-state index contributed by atoms with van der Waals surface area (Å²) in [5.41, 5.74) is -0.790. The van der Waals surface area contributed by atoms with Gasteiger partial charge in [-0.2, -0.15) is 18.4 Å². The van der Waals surface area contributed by atoms with Gasteiger partial charge in [0.1, 0.15) is 11.6 Å². The second-order valence-corrected chi connectivity index (χ2v) is 6.75. The van der Waals surface area contributed by atoms with Crippen LogP contribution in [0.25, 0.3) is 0 Å². The third-order valence-electron chi connectivity index (χ3n) is 3.35. The lowest BCUT2D eigenvalue weighted by molar-refractivity contribution is -0.385. The van der Waals surface area contributed by atoms with E-state index in [2.05, 4.69) is 5.10 Å². The number of hydrogen-bond donors (Lipinski definition) is 1. The standard InChI is InChI=1S/C15H13F2N3O4S/c1-9-6-7-11(8-14(9)20(21)22)25(23,24)19-18-10(2)15-12(16)4-3-5-13(15)17/h3-8,19H,1-2H3/b18-10-. The summed E-state index contributed by atoms with van der Waals surface area (Å²) in [6, 6.07) is 6.51. The minimum atomic E-state index is -4.25. The second kappa shape index (κ2) is 6.93. The lowest BCUT2D eigenvalue weighted by atomic mass is 10.1. The van der Waals surface area contributed by atoms with Gasteiger partial charge in [0.15, 0.2) is 0 Å². The molecule has 2 rings (SSSR count). The molecule has 0 aliphatic rings. The largest absolute Gasteiger partial charge is 0.276 e. The first-order chi connectivity index (χ1) is 11.6. The maximum absolute atomic E-state index is 13.7. The lowest BCUT2D eigenvalue weighted by Gasteiger charge is -2.07. The minimum absolute atomic E-state index is 0.235. The molecule has 0 amide bonds. The third-order valence-corrected chi connectivity index (χ3v) is 4.55. The molecule has 0 aliphatic carbocycles. The predicted molar refractivity (Wildman–Crippen MR) is 86.7 cm³/mol. The summed E-state index contributed by atoms with van der Waals surface area (Å²) in [6.07, 6.45) is 0. The van der Waals surface area contributed by atoms with Crippen LogP contribution in [0.5, 0.6) is 0 Å². The first-order valence-electron chi connectivity index (χ1n) is 6.89. The number of nitrogens with zero attached hydrogens (tertiary/aromatic N) is 2. The fourth-order valence-electron chi connectivity index (χ4n) is 2.03. The minimum Gasteiger partial charge on any atom is -0.258 e. The molecule has 7 nitrogen and oxygen atoms in total. The maximum Gasteiger partial charge on any atom is 0.276 e. The Kier molecular flexibility index (Phi) is 5.12. The van der Waals surface area contributed by atoms with Crippen molar-refractivity contribution in [1.29, 1.82) is 0 Å². The molecular weight excluding hydrogens is 356 g/mol. The van der Waals surface area contributed by atoms with Crippen molar-refractivity contribution in [3.63, 3.8) is 0 Å². The summed E-state index contributed by atoms with van der Waals surface area (Å²) < 4.78 is 51.7. The van der Waals surface area contributed by atoms with Crippen LogP contribution in [0.15, 0.2) is 46.4 Å². The van der Waals surface area contributed by atoms with Crippen molar-refractivity contribution in [3.05, 3.63) is 69.3 Å². The monoisotopic (exact) mass is 369 g/mol. The lowest BCUT2D eigenvalue weighted by Crippen LogP contribution is -2.20. The van der Waals surface area contributed by atoms with Crippen LogP contribution in [0.4, 0.5) is 14.5 Å². The average Bonchev–Trinajstić information content (AvgIpc) is 2.52. The predicted octanol–water partition coefficient (Wildman–Crippen LogP) is 2.88. The topological polar surface area (TPSA) is 102 Å². The van der Waals surface area contributed by atoms with E-state index in [1.165, 1.54) is 26.0 Å². The van der Waals surface area contributed by atoms with Crippen molar-refractivity contribution < 1.29 is 22.1 Å². The van der Waals surface area contributed by atoms with Gasteiger partial charge in [0.05, 0.1) is 21.1 Å². The van der Waals surface area contributed by atoms with Crippen LogP contribution in [0.1, 0.15) is 18.1 Å². The first-order valence-corrected chi connectivity index (χ1v) is 8.37. The highest BCUT2D eigenvalue weighted by atomic mass is 32.2. The van der Waals surface area contributed by atoms with Gasteiger partial charge in [-0.05, 0) is 32.0 Å². The molecule has 0 aliphatic heterocycles. The highest BCUT2D eigenvalue weighted by Crippen LogP contribution is 2.22. The van der Waals surface area contributed by atoms with E-state index in [0.29, 0.717) is 0 Å². The Balaban J connectivity index is 2.36. The smallest absolute Gasteiger partial charge is 0.258 e. The Morgan fingerprint density at radius 1 is 1.20 bits per heavy atom. The summed E-state index contributed by atoms with van der Waals surface area (Å²) in [7, 11) is -4.25. The van der Waals surface area contributed by atoms with Gasteiger partial charge in [-0.15, -0.1) is 0 Å².